The van der Waals surface area contributed by atoms with Gasteiger partial charge in [0.25, 0.3) is 0 Å². The molecule has 0 radical (unpaired) electrons. The number of hydrogen-bond donors (Lipinski definition) is 0. The Kier molecular flexibility index (Phi) is 64.6. The van der Waals surface area contributed by atoms with Crippen molar-refractivity contribution in [3.8, 4) is 0 Å². The smallest absolute Gasteiger partial charge is 0.306 e. The molecule has 0 aromatic rings. The first-order valence-corrected chi connectivity index (χ1v) is 34.6. The Labute approximate surface area is 486 Å². The van der Waals surface area contributed by atoms with E-state index in [0.29, 0.717) is 19.3 Å². The molecule has 0 saturated heterocycles. The van der Waals surface area contributed by atoms with E-state index in [1.54, 1.807) is 0 Å². The molecule has 6 heteroatoms. The minimum atomic E-state index is -0.778. The fourth-order valence-electron chi connectivity index (χ4n) is 10.3. The molecule has 1 atom stereocenters. The topological polar surface area (TPSA) is 78.9 Å². The zero-order chi connectivity index (χ0) is 56.4. The first-order valence-electron chi connectivity index (χ1n) is 34.6. The van der Waals surface area contributed by atoms with Crippen LogP contribution in [0.4, 0.5) is 0 Å². The molecule has 0 aromatic heterocycles. The van der Waals surface area contributed by atoms with Crippen molar-refractivity contribution in [2.75, 3.05) is 13.2 Å². The quantitative estimate of drug-likeness (QED) is 0.0261. The Morgan fingerprint density at radius 1 is 0.256 bits per heavy atom. The number of unbranched alkanes of at least 4 members (excludes halogenated alkanes) is 45. The third-order valence-corrected chi connectivity index (χ3v) is 15.6. The summed E-state index contributed by atoms with van der Waals surface area (Å²) in [4.78, 5) is 38.4. The maximum absolute atomic E-state index is 12.9. The molecule has 0 N–H and O–H groups in total. The lowest BCUT2D eigenvalue weighted by molar-refractivity contribution is -0.167. The highest BCUT2D eigenvalue weighted by Gasteiger charge is 2.19. The number of allylic oxidation sites excluding steroid dienone is 8. The highest BCUT2D eigenvalue weighted by atomic mass is 16.6. The van der Waals surface area contributed by atoms with Crippen molar-refractivity contribution in [2.24, 2.45) is 0 Å². The van der Waals surface area contributed by atoms with Crippen LogP contribution in [-0.2, 0) is 28.6 Å². The summed E-state index contributed by atoms with van der Waals surface area (Å²) in [6, 6.07) is 0. The second-order valence-electron chi connectivity index (χ2n) is 23.4. The van der Waals surface area contributed by atoms with Crippen LogP contribution in [0.15, 0.2) is 48.6 Å². The van der Waals surface area contributed by atoms with E-state index in [2.05, 4.69) is 69.4 Å². The van der Waals surface area contributed by atoms with Crippen LogP contribution in [0, 0.1) is 0 Å². The second kappa shape index (κ2) is 66.9. The summed E-state index contributed by atoms with van der Waals surface area (Å²) in [6.07, 6.45) is 84.1. The highest BCUT2D eigenvalue weighted by molar-refractivity contribution is 5.71. The van der Waals surface area contributed by atoms with E-state index in [-0.39, 0.29) is 31.1 Å². The van der Waals surface area contributed by atoms with Crippen molar-refractivity contribution in [3.63, 3.8) is 0 Å². The average Bonchev–Trinajstić information content (AvgIpc) is 3.44. The highest BCUT2D eigenvalue weighted by Crippen LogP contribution is 2.18. The molecule has 456 valence electrons. The first-order chi connectivity index (χ1) is 38.5. The Morgan fingerprint density at radius 3 is 0.731 bits per heavy atom. The first kappa shape index (κ1) is 75.4. The van der Waals surface area contributed by atoms with Crippen LogP contribution in [0.25, 0.3) is 0 Å². The molecular weight excluding hydrogens is 961 g/mol. The van der Waals surface area contributed by atoms with Crippen molar-refractivity contribution >= 4 is 17.9 Å². The van der Waals surface area contributed by atoms with Crippen molar-refractivity contribution in [2.45, 2.75) is 380 Å². The van der Waals surface area contributed by atoms with E-state index in [1.807, 2.05) is 0 Å². The van der Waals surface area contributed by atoms with Crippen LogP contribution in [0.3, 0.4) is 0 Å². The molecular formula is C72H132O6. The van der Waals surface area contributed by atoms with Crippen molar-refractivity contribution < 1.29 is 28.6 Å². The average molecular weight is 1090 g/mol. The number of rotatable bonds is 64. The summed E-state index contributed by atoms with van der Waals surface area (Å²) >= 11 is 0. The van der Waals surface area contributed by atoms with Gasteiger partial charge in [-0.05, 0) is 83.5 Å². The van der Waals surface area contributed by atoms with Crippen LogP contribution < -0.4 is 0 Å². The van der Waals surface area contributed by atoms with Gasteiger partial charge in [-0.2, -0.15) is 0 Å². The molecule has 0 saturated carbocycles. The van der Waals surface area contributed by atoms with Gasteiger partial charge in [-0.3, -0.25) is 14.4 Å². The van der Waals surface area contributed by atoms with E-state index < -0.39 is 6.10 Å². The molecule has 0 aliphatic carbocycles. The van der Waals surface area contributed by atoms with Gasteiger partial charge >= 0.3 is 17.9 Å². The molecule has 0 amide bonds. The van der Waals surface area contributed by atoms with Gasteiger partial charge in [-0.25, -0.2) is 0 Å². The number of carbonyl (C=O) groups excluding carboxylic acids is 3. The number of ether oxygens (including phenoxy) is 3. The van der Waals surface area contributed by atoms with Crippen molar-refractivity contribution in [3.05, 3.63) is 48.6 Å². The number of hydrogen-bond acceptors (Lipinski definition) is 6. The zero-order valence-corrected chi connectivity index (χ0v) is 52.5. The molecule has 0 bridgehead atoms. The van der Waals surface area contributed by atoms with Crippen molar-refractivity contribution in [1.82, 2.24) is 0 Å². The van der Waals surface area contributed by atoms with E-state index >= 15 is 0 Å². The fourth-order valence-corrected chi connectivity index (χ4v) is 10.3. The Morgan fingerprint density at radius 2 is 0.462 bits per heavy atom. The van der Waals surface area contributed by atoms with Gasteiger partial charge in [0.1, 0.15) is 13.2 Å². The normalized spacial score (nSPS) is 12.3. The van der Waals surface area contributed by atoms with Gasteiger partial charge in [-0.15, -0.1) is 0 Å². The molecule has 0 rings (SSSR count). The SMILES string of the molecule is CCCCC/C=C\C/C=C\CCCCCCCC(=O)OCC(COC(=O)CCCCCCCCCCCCCCC/C=C\C/C=C\CCCCCCC)OC(=O)CCCCCCCCCCCCCCCCCCCCCC. The minimum absolute atomic E-state index is 0.0738. The maximum atomic E-state index is 12.9. The largest absolute Gasteiger partial charge is 0.462 e. The van der Waals surface area contributed by atoms with Crippen LogP contribution in [0.5, 0.6) is 0 Å². The predicted octanol–water partition coefficient (Wildman–Crippen LogP) is 23.7. The zero-order valence-electron chi connectivity index (χ0n) is 52.5. The molecule has 0 heterocycles. The monoisotopic (exact) mass is 1090 g/mol. The summed E-state index contributed by atoms with van der Waals surface area (Å²) in [6.45, 7) is 6.66. The van der Waals surface area contributed by atoms with Gasteiger partial charge in [0.15, 0.2) is 6.10 Å². The van der Waals surface area contributed by atoms with Crippen LogP contribution in [0.1, 0.15) is 374 Å². The summed E-state index contributed by atoms with van der Waals surface area (Å²) in [5, 5.41) is 0. The summed E-state index contributed by atoms with van der Waals surface area (Å²) in [7, 11) is 0. The van der Waals surface area contributed by atoms with Crippen LogP contribution in [-0.4, -0.2) is 37.2 Å². The van der Waals surface area contributed by atoms with Crippen LogP contribution >= 0.6 is 0 Å². The molecule has 78 heavy (non-hydrogen) atoms. The summed E-state index contributed by atoms with van der Waals surface area (Å²) < 4.78 is 17.0. The van der Waals surface area contributed by atoms with Gasteiger partial charge in [0.05, 0.1) is 0 Å². The standard InChI is InChI=1S/C72H132O6/c1-4-7-10-13-16-19-22-25-28-30-32-34-35-36-37-38-40-41-44-47-50-53-56-59-62-65-71(74)77-68-69(67-76-70(73)64-61-58-55-52-49-46-43-27-24-21-18-15-12-9-6-3)78-72(75)66-63-60-57-54-51-48-45-42-39-33-31-29-26-23-20-17-14-11-8-5-2/h18,21-22,25,27,30,32,43,69H,4-17,19-20,23-24,26,28-29,31,33-42,44-68H2,1-3H3/b21-18-,25-22-,32-30-,43-27-. The second-order valence-corrected chi connectivity index (χ2v) is 23.4. The summed E-state index contributed by atoms with van der Waals surface area (Å²) in [5.41, 5.74) is 0. The van der Waals surface area contributed by atoms with Gasteiger partial charge in [0, 0.05) is 19.3 Å². The predicted molar refractivity (Wildman–Crippen MR) is 339 cm³/mol. The van der Waals surface area contributed by atoms with E-state index in [9.17, 15) is 14.4 Å². The Bertz CT molecular complexity index is 1350. The maximum Gasteiger partial charge on any atom is 0.306 e. The Balaban J connectivity index is 4.29. The molecule has 0 spiro atoms. The Hall–Kier alpha value is -2.63. The number of esters is 3. The van der Waals surface area contributed by atoms with Gasteiger partial charge in [-0.1, -0.05) is 320 Å². The minimum Gasteiger partial charge on any atom is -0.462 e. The molecule has 0 aromatic carbocycles. The molecule has 1 unspecified atom stereocenters. The fraction of sp³-hybridized carbons (Fsp3) is 0.847. The molecule has 0 fully saturated rings. The number of carbonyl (C=O) groups is 3. The lowest BCUT2D eigenvalue weighted by Gasteiger charge is -2.18. The van der Waals surface area contributed by atoms with Crippen molar-refractivity contribution in [1.29, 1.82) is 0 Å². The third kappa shape index (κ3) is 64.2. The lowest BCUT2D eigenvalue weighted by atomic mass is 10.0. The lowest BCUT2D eigenvalue weighted by Crippen LogP contribution is -2.30. The molecule has 0 aliphatic heterocycles. The molecule has 6 nitrogen and oxygen atoms in total. The van der Waals surface area contributed by atoms with Gasteiger partial charge in [0.2, 0.25) is 0 Å². The van der Waals surface area contributed by atoms with E-state index in [4.69, 9.17) is 14.2 Å². The van der Waals surface area contributed by atoms with Crippen LogP contribution in [0.2, 0.25) is 0 Å². The van der Waals surface area contributed by atoms with Gasteiger partial charge < -0.3 is 14.2 Å². The van der Waals surface area contributed by atoms with E-state index in [0.717, 1.165) is 83.5 Å². The summed E-state index contributed by atoms with van der Waals surface area (Å²) in [5.74, 6) is -0.863. The third-order valence-electron chi connectivity index (χ3n) is 15.6. The molecule has 0 aliphatic rings. The van der Waals surface area contributed by atoms with E-state index in [1.165, 1.54) is 250 Å².